The van der Waals surface area contributed by atoms with Crippen LogP contribution in [-0.4, -0.2) is 37.2 Å². The van der Waals surface area contributed by atoms with Gasteiger partial charge in [-0.05, 0) is 42.7 Å². The summed E-state index contributed by atoms with van der Waals surface area (Å²) < 4.78 is 24.1. The molecule has 2 atom stereocenters. The van der Waals surface area contributed by atoms with Gasteiger partial charge in [-0.15, -0.1) is 0 Å². The summed E-state index contributed by atoms with van der Waals surface area (Å²) in [5.41, 5.74) is 4.86. The van der Waals surface area contributed by atoms with Crippen LogP contribution in [0.4, 0.5) is 5.69 Å². The second kappa shape index (κ2) is 6.74. The minimum atomic E-state index is -3.01. The summed E-state index contributed by atoms with van der Waals surface area (Å²) in [5, 5.41) is 0.930. The molecule has 1 saturated heterocycles. The number of benzene rings is 2. The van der Waals surface area contributed by atoms with Crippen molar-refractivity contribution < 1.29 is 8.42 Å². The van der Waals surface area contributed by atoms with E-state index in [0.717, 1.165) is 16.6 Å². The summed E-state index contributed by atoms with van der Waals surface area (Å²) in [4.78, 5) is 6.91. The topological polar surface area (TPSA) is 49.7 Å². The maximum absolute atomic E-state index is 12.1. The van der Waals surface area contributed by atoms with Gasteiger partial charge in [0.2, 0.25) is 0 Å². The quantitative estimate of drug-likeness (QED) is 0.809. The first-order chi connectivity index (χ1) is 12.4. The van der Waals surface area contributed by atoms with Crippen molar-refractivity contribution in [3.8, 4) is 0 Å². The highest BCUT2D eigenvalue weighted by molar-refractivity contribution is 8.13. The molecule has 0 bridgehead atoms. The van der Waals surface area contributed by atoms with Crippen molar-refractivity contribution in [1.82, 2.24) is 0 Å². The van der Waals surface area contributed by atoms with Crippen molar-refractivity contribution in [2.75, 3.05) is 16.4 Å². The Morgan fingerprint density at radius 3 is 2.58 bits per heavy atom. The van der Waals surface area contributed by atoms with Gasteiger partial charge in [-0.2, -0.15) is 0 Å². The average molecular weight is 387 g/mol. The fourth-order valence-corrected chi connectivity index (χ4v) is 6.47. The van der Waals surface area contributed by atoms with Gasteiger partial charge < -0.3 is 4.90 Å². The summed E-state index contributed by atoms with van der Waals surface area (Å²) in [6, 6.07) is 16.3. The number of rotatable bonds is 3. The van der Waals surface area contributed by atoms with Crippen LogP contribution < -0.4 is 4.90 Å². The number of hydrogen-bond acceptors (Lipinski definition) is 5. The Morgan fingerprint density at radius 1 is 1.08 bits per heavy atom. The Labute approximate surface area is 159 Å². The summed E-state index contributed by atoms with van der Waals surface area (Å²) in [6.07, 6.45) is 0. The predicted octanol–water partition coefficient (Wildman–Crippen LogP) is 3.58. The third-order valence-corrected chi connectivity index (χ3v) is 7.82. The molecule has 0 amide bonds. The number of fused-ring (bicyclic) bond motifs is 1. The maximum atomic E-state index is 12.1. The first kappa shape index (κ1) is 17.6. The van der Waals surface area contributed by atoms with Gasteiger partial charge in [0.25, 0.3) is 0 Å². The molecule has 2 aliphatic heterocycles. The smallest absolute Gasteiger partial charge is 0.164 e. The lowest BCUT2D eigenvalue weighted by atomic mass is 10.1. The number of para-hydroxylation sites is 1. The van der Waals surface area contributed by atoms with E-state index in [2.05, 4.69) is 36.9 Å². The van der Waals surface area contributed by atoms with Crippen molar-refractivity contribution in [2.45, 2.75) is 31.7 Å². The molecule has 0 aliphatic carbocycles. The van der Waals surface area contributed by atoms with Gasteiger partial charge in [-0.1, -0.05) is 48.2 Å². The van der Waals surface area contributed by atoms with E-state index < -0.39 is 9.84 Å². The predicted molar refractivity (Wildman–Crippen MR) is 110 cm³/mol. The molecular formula is C20H22N2O2S2. The minimum absolute atomic E-state index is 0.0790. The van der Waals surface area contributed by atoms with E-state index in [-0.39, 0.29) is 23.6 Å². The third-order valence-electron chi connectivity index (χ3n) is 5.08. The zero-order valence-electron chi connectivity index (χ0n) is 14.9. The van der Waals surface area contributed by atoms with Gasteiger partial charge in [0, 0.05) is 11.4 Å². The van der Waals surface area contributed by atoms with Crippen LogP contribution in [0.5, 0.6) is 0 Å². The van der Waals surface area contributed by atoms with Crippen LogP contribution in [0.25, 0.3) is 0 Å². The van der Waals surface area contributed by atoms with Gasteiger partial charge in [-0.3, -0.25) is 4.99 Å². The number of aryl methyl sites for hydroxylation is 2. The van der Waals surface area contributed by atoms with E-state index >= 15 is 0 Å². The Balaban J connectivity index is 1.59. The van der Waals surface area contributed by atoms with Crippen molar-refractivity contribution in [2.24, 2.45) is 4.99 Å². The highest BCUT2D eigenvalue weighted by atomic mass is 32.2. The van der Waals surface area contributed by atoms with E-state index in [1.54, 1.807) is 11.8 Å². The number of anilines is 1. The zero-order valence-corrected chi connectivity index (χ0v) is 16.6. The molecule has 0 saturated carbocycles. The summed E-state index contributed by atoms with van der Waals surface area (Å²) in [5.74, 6) is 1.17. The fraction of sp³-hybridized carbons (Fsp3) is 0.350. The van der Waals surface area contributed by atoms with Gasteiger partial charge in [0.05, 0.1) is 23.6 Å². The lowest BCUT2D eigenvalue weighted by molar-refractivity contribution is 0.601. The van der Waals surface area contributed by atoms with E-state index in [4.69, 9.17) is 4.99 Å². The number of thioether (sulfide) groups is 1. The van der Waals surface area contributed by atoms with Crippen molar-refractivity contribution in [1.29, 1.82) is 0 Å². The molecule has 0 aromatic heterocycles. The Morgan fingerprint density at radius 2 is 1.85 bits per heavy atom. The van der Waals surface area contributed by atoms with E-state index in [0.29, 0.717) is 0 Å². The molecule has 0 N–H and O–H groups in total. The molecule has 26 heavy (non-hydrogen) atoms. The SMILES string of the molecule is Cc1ccc(CSC2=N[C@@H]3CS(=O)(=O)C[C@@H]3N2c2ccccc2)cc1C. The standard InChI is InChI=1S/C20H22N2O2S2/c1-14-8-9-16(10-15(14)2)11-25-20-21-18-12-26(23,24)13-19(18)22(20)17-6-4-3-5-7-17/h3-10,18-19H,11-13H2,1-2H3/t18-,19+/m1/s1. The van der Waals surface area contributed by atoms with Crippen LogP contribution >= 0.6 is 11.8 Å². The molecule has 4 rings (SSSR count). The van der Waals surface area contributed by atoms with Crippen LogP contribution in [0.15, 0.2) is 53.5 Å². The highest BCUT2D eigenvalue weighted by Crippen LogP contribution is 2.35. The molecule has 1 fully saturated rings. The van der Waals surface area contributed by atoms with Crippen molar-refractivity contribution >= 4 is 32.5 Å². The lowest BCUT2D eigenvalue weighted by Crippen LogP contribution is -2.39. The zero-order chi connectivity index (χ0) is 18.3. The van der Waals surface area contributed by atoms with E-state index in [1.807, 2.05) is 30.3 Å². The Kier molecular flexibility index (Phi) is 4.57. The fourth-order valence-electron chi connectivity index (χ4n) is 3.56. The second-order valence-corrected chi connectivity index (χ2v) is 10.1. The third kappa shape index (κ3) is 3.40. The number of hydrogen-bond donors (Lipinski definition) is 0. The number of nitrogens with zero attached hydrogens (tertiary/aromatic N) is 2. The maximum Gasteiger partial charge on any atom is 0.164 e. The molecule has 2 heterocycles. The molecule has 2 aliphatic rings. The second-order valence-electron chi connectivity index (χ2n) is 7.04. The first-order valence-electron chi connectivity index (χ1n) is 8.74. The summed E-state index contributed by atoms with van der Waals surface area (Å²) >= 11 is 1.69. The molecular weight excluding hydrogens is 364 g/mol. The van der Waals surface area contributed by atoms with Gasteiger partial charge >= 0.3 is 0 Å². The summed E-state index contributed by atoms with van der Waals surface area (Å²) in [6.45, 7) is 4.24. The molecule has 0 spiro atoms. The number of amidine groups is 1. The summed E-state index contributed by atoms with van der Waals surface area (Å²) in [7, 11) is -3.01. The van der Waals surface area contributed by atoms with Crippen LogP contribution in [-0.2, 0) is 15.6 Å². The number of aliphatic imine (C=N–C) groups is 1. The van der Waals surface area contributed by atoms with E-state index in [9.17, 15) is 8.42 Å². The monoisotopic (exact) mass is 386 g/mol. The molecule has 4 nitrogen and oxygen atoms in total. The van der Waals surface area contributed by atoms with Crippen molar-refractivity contribution in [3.63, 3.8) is 0 Å². The minimum Gasteiger partial charge on any atom is -0.315 e. The molecule has 6 heteroatoms. The van der Waals surface area contributed by atoms with Gasteiger partial charge in [-0.25, -0.2) is 8.42 Å². The Hall–Kier alpha value is -1.79. The van der Waals surface area contributed by atoms with Crippen LogP contribution in [0.3, 0.4) is 0 Å². The number of sulfone groups is 1. The molecule has 2 aromatic carbocycles. The molecule has 2 aromatic rings. The van der Waals surface area contributed by atoms with Crippen LogP contribution in [0.1, 0.15) is 16.7 Å². The van der Waals surface area contributed by atoms with Gasteiger partial charge in [0.1, 0.15) is 0 Å². The average Bonchev–Trinajstić information content (AvgIpc) is 3.07. The van der Waals surface area contributed by atoms with Crippen LogP contribution in [0, 0.1) is 13.8 Å². The molecule has 0 radical (unpaired) electrons. The lowest BCUT2D eigenvalue weighted by Gasteiger charge is -2.26. The van der Waals surface area contributed by atoms with E-state index in [1.165, 1.54) is 16.7 Å². The van der Waals surface area contributed by atoms with Crippen molar-refractivity contribution in [3.05, 3.63) is 65.2 Å². The first-order valence-corrected chi connectivity index (χ1v) is 11.5. The van der Waals surface area contributed by atoms with Gasteiger partial charge in [0.15, 0.2) is 15.0 Å². The Bertz CT molecular complexity index is 955. The normalized spacial score (nSPS) is 23.8. The highest BCUT2D eigenvalue weighted by Gasteiger charge is 2.47. The van der Waals surface area contributed by atoms with Crippen LogP contribution in [0.2, 0.25) is 0 Å². The molecule has 0 unspecified atom stereocenters. The molecule has 136 valence electrons. The largest absolute Gasteiger partial charge is 0.315 e.